The van der Waals surface area contributed by atoms with Crippen LogP contribution in [-0.4, -0.2) is 31.1 Å². The summed E-state index contributed by atoms with van der Waals surface area (Å²) in [5.41, 5.74) is 5.62. The van der Waals surface area contributed by atoms with Crippen molar-refractivity contribution in [2.24, 2.45) is 5.73 Å². The first-order valence-electron chi connectivity index (χ1n) is 6.10. The maximum Gasteiger partial charge on any atom is 0.221 e. The summed E-state index contributed by atoms with van der Waals surface area (Å²) < 4.78 is 0. The van der Waals surface area contributed by atoms with Gasteiger partial charge in [-0.25, -0.2) is 0 Å². The summed E-state index contributed by atoms with van der Waals surface area (Å²) in [7, 11) is 0. The molecule has 1 unspecified atom stereocenters. The van der Waals surface area contributed by atoms with Crippen LogP contribution in [0.15, 0.2) is 12.2 Å². The van der Waals surface area contributed by atoms with E-state index in [1.807, 2.05) is 13.0 Å². The van der Waals surface area contributed by atoms with E-state index >= 15 is 0 Å². The molecule has 4 nitrogen and oxygen atoms in total. The monoisotopic (exact) mass is 225 g/mol. The molecule has 0 spiro atoms. The standard InChI is InChI=1S/C12H23N3O/c1-2-3-4-7-14-11(9-13)8-12(16)15-10-5-6-10/h2-3,10-11,14H,4-9,13H2,1H3,(H,15,16)/b3-2+. The smallest absolute Gasteiger partial charge is 0.221 e. The van der Waals surface area contributed by atoms with Gasteiger partial charge in [0.15, 0.2) is 0 Å². The van der Waals surface area contributed by atoms with E-state index in [9.17, 15) is 4.79 Å². The van der Waals surface area contributed by atoms with Crippen LogP contribution in [0.2, 0.25) is 0 Å². The molecule has 0 aromatic carbocycles. The molecule has 1 aliphatic rings. The highest BCUT2D eigenvalue weighted by molar-refractivity contribution is 5.77. The Bertz CT molecular complexity index is 236. The zero-order chi connectivity index (χ0) is 11.8. The largest absolute Gasteiger partial charge is 0.353 e. The van der Waals surface area contributed by atoms with Crippen LogP contribution in [-0.2, 0) is 4.79 Å². The first kappa shape index (κ1) is 13.2. The molecule has 0 aromatic heterocycles. The van der Waals surface area contributed by atoms with Gasteiger partial charge in [-0.15, -0.1) is 0 Å². The van der Waals surface area contributed by atoms with Gasteiger partial charge in [-0.3, -0.25) is 4.79 Å². The molecule has 4 heteroatoms. The minimum absolute atomic E-state index is 0.101. The average molecular weight is 225 g/mol. The van der Waals surface area contributed by atoms with Crippen molar-refractivity contribution in [3.63, 3.8) is 0 Å². The third kappa shape index (κ3) is 5.88. The Morgan fingerprint density at radius 2 is 2.31 bits per heavy atom. The van der Waals surface area contributed by atoms with Crippen molar-refractivity contribution in [3.8, 4) is 0 Å². The van der Waals surface area contributed by atoms with Crippen molar-refractivity contribution in [2.45, 2.75) is 44.7 Å². The van der Waals surface area contributed by atoms with Crippen molar-refractivity contribution in [1.29, 1.82) is 0 Å². The molecule has 4 N–H and O–H groups in total. The minimum Gasteiger partial charge on any atom is -0.353 e. The van der Waals surface area contributed by atoms with Crippen LogP contribution in [0.5, 0.6) is 0 Å². The van der Waals surface area contributed by atoms with Crippen molar-refractivity contribution < 1.29 is 4.79 Å². The van der Waals surface area contributed by atoms with E-state index in [-0.39, 0.29) is 11.9 Å². The van der Waals surface area contributed by atoms with Crippen LogP contribution in [0.4, 0.5) is 0 Å². The van der Waals surface area contributed by atoms with Gasteiger partial charge in [0.25, 0.3) is 0 Å². The number of nitrogens with one attached hydrogen (secondary N) is 2. The third-order valence-corrected chi connectivity index (χ3v) is 2.64. The lowest BCUT2D eigenvalue weighted by molar-refractivity contribution is -0.121. The summed E-state index contributed by atoms with van der Waals surface area (Å²) in [6, 6.07) is 0.540. The molecule has 1 fully saturated rings. The Kier molecular flexibility index (Phi) is 6.11. The third-order valence-electron chi connectivity index (χ3n) is 2.64. The van der Waals surface area contributed by atoms with Crippen LogP contribution in [0.3, 0.4) is 0 Å². The molecule has 0 aromatic rings. The molecule has 1 rings (SSSR count). The average Bonchev–Trinajstić information content (AvgIpc) is 3.06. The predicted molar refractivity (Wildman–Crippen MR) is 66.1 cm³/mol. The summed E-state index contributed by atoms with van der Waals surface area (Å²) >= 11 is 0. The van der Waals surface area contributed by atoms with Crippen LogP contribution in [0, 0.1) is 0 Å². The van der Waals surface area contributed by atoms with E-state index in [1.165, 1.54) is 0 Å². The Labute approximate surface area is 97.7 Å². The normalized spacial score (nSPS) is 17.6. The van der Waals surface area contributed by atoms with Crippen molar-refractivity contribution in [2.75, 3.05) is 13.1 Å². The van der Waals surface area contributed by atoms with Gasteiger partial charge in [0.2, 0.25) is 5.91 Å². The highest BCUT2D eigenvalue weighted by Crippen LogP contribution is 2.18. The summed E-state index contributed by atoms with van der Waals surface area (Å²) in [6.45, 7) is 3.39. The van der Waals surface area contributed by atoms with Crippen molar-refractivity contribution >= 4 is 5.91 Å². The quantitative estimate of drug-likeness (QED) is 0.417. The Hall–Kier alpha value is -0.870. The lowest BCUT2D eigenvalue weighted by Crippen LogP contribution is -2.41. The Morgan fingerprint density at radius 3 is 2.88 bits per heavy atom. The molecule has 0 radical (unpaired) electrons. The molecule has 1 amide bonds. The molecular formula is C12H23N3O. The molecule has 1 saturated carbocycles. The molecule has 0 saturated heterocycles. The Morgan fingerprint density at radius 1 is 1.56 bits per heavy atom. The molecule has 0 aliphatic heterocycles. The second-order valence-corrected chi connectivity index (χ2v) is 4.29. The maximum absolute atomic E-state index is 11.5. The van der Waals surface area contributed by atoms with Crippen molar-refractivity contribution in [3.05, 3.63) is 12.2 Å². The number of carbonyl (C=O) groups excluding carboxylic acids is 1. The Balaban J connectivity index is 2.11. The van der Waals surface area contributed by atoms with Gasteiger partial charge in [0, 0.05) is 25.0 Å². The van der Waals surface area contributed by atoms with Gasteiger partial charge < -0.3 is 16.4 Å². The number of allylic oxidation sites excluding steroid dienone is 1. The van der Waals surface area contributed by atoms with Gasteiger partial charge in [-0.05, 0) is 32.7 Å². The first-order chi connectivity index (χ1) is 7.76. The number of rotatable bonds is 8. The second-order valence-electron chi connectivity index (χ2n) is 4.29. The molecule has 1 aliphatic carbocycles. The fourth-order valence-electron chi connectivity index (χ4n) is 1.51. The van der Waals surface area contributed by atoms with Crippen LogP contribution < -0.4 is 16.4 Å². The molecule has 16 heavy (non-hydrogen) atoms. The zero-order valence-corrected chi connectivity index (χ0v) is 10.0. The van der Waals surface area contributed by atoms with Gasteiger partial charge >= 0.3 is 0 Å². The van der Waals surface area contributed by atoms with Gasteiger partial charge in [-0.2, -0.15) is 0 Å². The molecular weight excluding hydrogens is 202 g/mol. The molecule has 92 valence electrons. The van der Waals surface area contributed by atoms with E-state index in [0.717, 1.165) is 25.8 Å². The van der Waals surface area contributed by atoms with E-state index in [2.05, 4.69) is 16.7 Å². The lowest BCUT2D eigenvalue weighted by atomic mass is 10.2. The van der Waals surface area contributed by atoms with Gasteiger partial charge in [0.05, 0.1) is 0 Å². The van der Waals surface area contributed by atoms with E-state index in [1.54, 1.807) is 0 Å². The lowest BCUT2D eigenvalue weighted by Gasteiger charge is -2.15. The fraction of sp³-hybridized carbons (Fsp3) is 0.750. The van der Waals surface area contributed by atoms with Gasteiger partial charge in [-0.1, -0.05) is 12.2 Å². The summed E-state index contributed by atoms with van der Waals surface area (Å²) in [6.07, 6.45) is 7.87. The minimum atomic E-state index is 0.101. The van der Waals surface area contributed by atoms with Crippen LogP contribution in [0.25, 0.3) is 0 Å². The van der Waals surface area contributed by atoms with Crippen LogP contribution >= 0.6 is 0 Å². The number of amides is 1. The highest BCUT2D eigenvalue weighted by atomic mass is 16.1. The number of nitrogens with two attached hydrogens (primary N) is 1. The second kappa shape index (κ2) is 7.41. The SMILES string of the molecule is C/C=C/CCNC(CN)CC(=O)NC1CC1. The molecule has 1 atom stereocenters. The van der Waals surface area contributed by atoms with Gasteiger partial charge in [0.1, 0.15) is 0 Å². The summed E-state index contributed by atoms with van der Waals surface area (Å²) in [5.74, 6) is 0.122. The first-order valence-corrected chi connectivity index (χ1v) is 6.10. The topological polar surface area (TPSA) is 67.1 Å². The highest BCUT2D eigenvalue weighted by Gasteiger charge is 2.24. The summed E-state index contributed by atoms with van der Waals surface area (Å²) in [4.78, 5) is 11.5. The predicted octanol–water partition coefficient (Wildman–Crippen LogP) is 0.538. The van der Waals surface area contributed by atoms with Crippen LogP contribution in [0.1, 0.15) is 32.6 Å². The summed E-state index contributed by atoms with van der Waals surface area (Å²) in [5, 5.41) is 6.26. The zero-order valence-electron chi connectivity index (χ0n) is 10.0. The maximum atomic E-state index is 11.5. The fourth-order valence-corrected chi connectivity index (χ4v) is 1.51. The van der Waals surface area contributed by atoms with E-state index < -0.39 is 0 Å². The number of carbonyl (C=O) groups is 1. The number of hydrogen-bond donors (Lipinski definition) is 3. The molecule has 0 bridgehead atoms. The van der Waals surface area contributed by atoms with Crippen molar-refractivity contribution in [1.82, 2.24) is 10.6 Å². The number of hydrogen-bond acceptors (Lipinski definition) is 3. The van der Waals surface area contributed by atoms with E-state index in [0.29, 0.717) is 19.0 Å². The molecule has 0 heterocycles. The van der Waals surface area contributed by atoms with E-state index in [4.69, 9.17) is 5.73 Å².